The standard InChI is InChI=1S/C15H19FN2/c1-2-14(11-5-3-4-6-11)18-15(17)12-7-9-13(16)10-8-12/h7-10H,2-6H2,1H3,(H2,17,18). The highest BCUT2D eigenvalue weighted by Crippen LogP contribution is 2.28. The van der Waals surface area contributed by atoms with Crippen LogP contribution >= 0.6 is 0 Å². The summed E-state index contributed by atoms with van der Waals surface area (Å²) in [5.74, 6) is 0.225. The van der Waals surface area contributed by atoms with Crippen LogP contribution in [0, 0.1) is 5.82 Å². The number of allylic oxidation sites excluding steroid dienone is 2. The molecule has 0 saturated heterocycles. The van der Waals surface area contributed by atoms with Crippen LogP contribution in [0.2, 0.25) is 0 Å². The average Bonchev–Trinajstić information content (AvgIpc) is 2.90. The third kappa shape index (κ3) is 2.97. The fourth-order valence-electron chi connectivity index (χ4n) is 2.33. The highest BCUT2D eigenvalue weighted by molar-refractivity contribution is 5.98. The van der Waals surface area contributed by atoms with Crippen molar-refractivity contribution < 1.29 is 4.39 Å². The molecule has 1 saturated carbocycles. The van der Waals surface area contributed by atoms with Crippen molar-refractivity contribution in [3.05, 3.63) is 46.9 Å². The van der Waals surface area contributed by atoms with E-state index < -0.39 is 0 Å². The number of aliphatic imine (C=N–C) groups is 1. The molecule has 1 aliphatic carbocycles. The number of benzene rings is 1. The van der Waals surface area contributed by atoms with Crippen LogP contribution < -0.4 is 5.73 Å². The molecule has 1 aliphatic rings. The van der Waals surface area contributed by atoms with Crippen LogP contribution in [0.15, 0.2) is 40.5 Å². The quantitative estimate of drug-likeness (QED) is 0.640. The van der Waals surface area contributed by atoms with Gasteiger partial charge in [0.05, 0.1) is 0 Å². The molecule has 0 aromatic heterocycles. The Morgan fingerprint density at radius 3 is 2.39 bits per heavy atom. The molecule has 3 heteroatoms. The maximum absolute atomic E-state index is 12.8. The van der Waals surface area contributed by atoms with Crippen LogP contribution in [-0.2, 0) is 0 Å². The predicted molar refractivity (Wildman–Crippen MR) is 72.9 cm³/mol. The first-order valence-electron chi connectivity index (χ1n) is 6.51. The summed E-state index contributed by atoms with van der Waals surface area (Å²) in [6.07, 6.45) is 5.69. The van der Waals surface area contributed by atoms with Crippen molar-refractivity contribution >= 4 is 5.84 Å². The number of rotatable bonds is 3. The summed E-state index contributed by atoms with van der Waals surface area (Å²) in [4.78, 5) is 4.53. The van der Waals surface area contributed by atoms with Gasteiger partial charge in [0.2, 0.25) is 0 Å². The molecule has 0 radical (unpaired) electrons. The Hall–Kier alpha value is -1.64. The average molecular weight is 246 g/mol. The summed E-state index contributed by atoms with van der Waals surface area (Å²) in [6, 6.07) is 6.15. The number of halogens is 1. The first kappa shape index (κ1) is 12.8. The molecule has 0 spiro atoms. The van der Waals surface area contributed by atoms with E-state index in [1.807, 2.05) is 0 Å². The fourth-order valence-corrected chi connectivity index (χ4v) is 2.33. The van der Waals surface area contributed by atoms with E-state index in [-0.39, 0.29) is 5.82 Å². The van der Waals surface area contributed by atoms with Gasteiger partial charge in [0.25, 0.3) is 0 Å². The zero-order valence-corrected chi connectivity index (χ0v) is 10.7. The van der Waals surface area contributed by atoms with Crippen LogP contribution in [0.5, 0.6) is 0 Å². The van der Waals surface area contributed by atoms with Gasteiger partial charge in [0.15, 0.2) is 0 Å². The van der Waals surface area contributed by atoms with E-state index in [0.29, 0.717) is 5.84 Å². The van der Waals surface area contributed by atoms with E-state index in [0.717, 1.165) is 30.5 Å². The van der Waals surface area contributed by atoms with Gasteiger partial charge in [-0.3, -0.25) is 0 Å². The van der Waals surface area contributed by atoms with Crippen molar-refractivity contribution in [2.24, 2.45) is 10.7 Å². The van der Waals surface area contributed by atoms with Gasteiger partial charge in [-0.15, -0.1) is 0 Å². The second-order valence-electron chi connectivity index (χ2n) is 4.61. The molecular formula is C15H19FN2. The predicted octanol–water partition coefficient (Wildman–Crippen LogP) is 3.77. The molecular weight excluding hydrogens is 227 g/mol. The Labute approximate surface area is 107 Å². The van der Waals surface area contributed by atoms with Crippen LogP contribution in [0.1, 0.15) is 44.6 Å². The zero-order chi connectivity index (χ0) is 13.0. The van der Waals surface area contributed by atoms with Gasteiger partial charge in [0, 0.05) is 11.3 Å². The lowest BCUT2D eigenvalue weighted by Crippen LogP contribution is -2.13. The summed E-state index contributed by atoms with van der Waals surface area (Å²) in [5, 5.41) is 0. The molecule has 2 nitrogen and oxygen atoms in total. The topological polar surface area (TPSA) is 38.4 Å². The molecule has 1 aromatic rings. The number of hydrogen-bond acceptors (Lipinski definition) is 1. The highest BCUT2D eigenvalue weighted by Gasteiger charge is 2.11. The molecule has 96 valence electrons. The van der Waals surface area contributed by atoms with E-state index in [2.05, 4.69) is 11.9 Å². The van der Waals surface area contributed by atoms with Gasteiger partial charge in [0.1, 0.15) is 11.7 Å². The lowest BCUT2D eigenvalue weighted by molar-refractivity contribution is 0.628. The van der Waals surface area contributed by atoms with Crippen LogP contribution in [0.25, 0.3) is 0 Å². The van der Waals surface area contributed by atoms with Crippen molar-refractivity contribution in [1.82, 2.24) is 0 Å². The first-order valence-corrected chi connectivity index (χ1v) is 6.51. The molecule has 18 heavy (non-hydrogen) atoms. The highest BCUT2D eigenvalue weighted by atomic mass is 19.1. The second kappa shape index (κ2) is 5.80. The maximum atomic E-state index is 12.8. The maximum Gasteiger partial charge on any atom is 0.130 e. The Morgan fingerprint density at radius 1 is 1.22 bits per heavy atom. The summed E-state index contributed by atoms with van der Waals surface area (Å²) >= 11 is 0. The lowest BCUT2D eigenvalue weighted by atomic mass is 10.1. The van der Waals surface area contributed by atoms with Crippen molar-refractivity contribution in [2.45, 2.75) is 39.0 Å². The molecule has 0 unspecified atom stereocenters. The minimum Gasteiger partial charge on any atom is -0.383 e. The molecule has 0 amide bonds. The van der Waals surface area contributed by atoms with Gasteiger partial charge < -0.3 is 5.73 Å². The number of hydrogen-bond donors (Lipinski definition) is 1. The van der Waals surface area contributed by atoms with Crippen LogP contribution in [0.4, 0.5) is 4.39 Å². The van der Waals surface area contributed by atoms with Gasteiger partial charge in [-0.1, -0.05) is 6.92 Å². The number of amidine groups is 1. The molecule has 0 bridgehead atoms. The normalized spacial score (nSPS) is 16.1. The smallest absolute Gasteiger partial charge is 0.130 e. The molecule has 0 atom stereocenters. The molecule has 1 aromatic carbocycles. The summed E-state index contributed by atoms with van der Waals surface area (Å²) < 4.78 is 12.8. The summed E-state index contributed by atoms with van der Waals surface area (Å²) in [7, 11) is 0. The SMILES string of the molecule is CCC(N=C(N)c1ccc(F)cc1)=C1CCCC1. The number of nitrogens with zero attached hydrogens (tertiary/aromatic N) is 1. The molecule has 2 rings (SSSR count). The third-order valence-corrected chi connectivity index (χ3v) is 3.35. The van der Waals surface area contributed by atoms with E-state index in [1.165, 1.54) is 30.5 Å². The summed E-state index contributed by atoms with van der Waals surface area (Å²) in [5.41, 5.74) is 9.30. The third-order valence-electron chi connectivity index (χ3n) is 3.35. The van der Waals surface area contributed by atoms with E-state index in [9.17, 15) is 4.39 Å². The number of nitrogens with two attached hydrogens (primary N) is 1. The minimum absolute atomic E-state index is 0.253. The van der Waals surface area contributed by atoms with Gasteiger partial charge in [-0.2, -0.15) is 0 Å². The lowest BCUT2D eigenvalue weighted by Gasteiger charge is -2.06. The largest absolute Gasteiger partial charge is 0.383 e. The van der Waals surface area contributed by atoms with Crippen LogP contribution in [-0.4, -0.2) is 5.84 Å². The van der Waals surface area contributed by atoms with Crippen molar-refractivity contribution in [3.63, 3.8) is 0 Å². The van der Waals surface area contributed by atoms with E-state index >= 15 is 0 Å². The van der Waals surface area contributed by atoms with Crippen LogP contribution in [0.3, 0.4) is 0 Å². The van der Waals surface area contributed by atoms with E-state index in [4.69, 9.17) is 5.73 Å². The zero-order valence-electron chi connectivity index (χ0n) is 10.7. The van der Waals surface area contributed by atoms with Gasteiger partial charge in [-0.05, 0) is 61.9 Å². The van der Waals surface area contributed by atoms with E-state index in [1.54, 1.807) is 12.1 Å². The Morgan fingerprint density at radius 2 is 1.83 bits per heavy atom. The second-order valence-corrected chi connectivity index (χ2v) is 4.61. The monoisotopic (exact) mass is 246 g/mol. The summed E-state index contributed by atoms with van der Waals surface area (Å²) in [6.45, 7) is 2.10. The van der Waals surface area contributed by atoms with Crippen molar-refractivity contribution in [1.29, 1.82) is 0 Å². The Kier molecular flexibility index (Phi) is 4.13. The fraction of sp³-hybridized carbons (Fsp3) is 0.400. The Bertz CT molecular complexity index is 464. The minimum atomic E-state index is -0.253. The molecule has 1 fully saturated rings. The van der Waals surface area contributed by atoms with Crippen molar-refractivity contribution in [2.75, 3.05) is 0 Å². The Balaban J connectivity index is 2.25. The van der Waals surface area contributed by atoms with Gasteiger partial charge >= 0.3 is 0 Å². The first-order chi connectivity index (χ1) is 8.70. The molecule has 0 heterocycles. The van der Waals surface area contributed by atoms with Crippen molar-refractivity contribution in [3.8, 4) is 0 Å². The molecule has 2 N–H and O–H groups in total. The van der Waals surface area contributed by atoms with Gasteiger partial charge in [-0.25, -0.2) is 9.38 Å². The molecule has 0 aliphatic heterocycles.